The summed E-state index contributed by atoms with van der Waals surface area (Å²) in [6.45, 7) is 0.714. The summed E-state index contributed by atoms with van der Waals surface area (Å²) in [7, 11) is 0. The minimum Gasteiger partial charge on any atom is -0.364 e. The molecule has 0 aromatic carbocycles. The van der Waals surface area contributed by atoms with E-state index in [-0.39, 0.29) is 24.1 Å². The van der Waals surface area contributed by atoms with E-state index in [4.69, 9.17) is 0 Å². The highest BCUT2D eigenvalue weighted by atomic mass is 32.2. The van der Waals surface area contributed by atoms with Crippen LogP contribution in [0.4, 0.5) is 13.2 Å². The summed E-state index contributed by atoms with van der Waals surface area (Å²) in [6, 6.07) is 1.66. The Morgan fingerprint density at radius 3 is 2.86 bits per heavy atom. The van der Waals surface area contributed by atoms with Crippen LogP contribution < -0.4 is 5.32 Å². The third-order valence-corrected chi connectivity index (χ3v) is 2.08. The zero-order valence-electron chi connectivity index (χ0n) is 7.17. The number of hydrogen-bond donors (Lipinski definition) is 1. The van der Waals surface area contributed by atoms with Gasteiger partial charge in [-0.15, -0.1) is 0 Å². The fourth-order valence-corrected chi connectivity index (χ4v) is 1.26. The van der Waals surface area contributed by atoms with Crippen molar-refractivity contribution in [2.45, 2.75) is 12.1 Å². The summed E-state index contributed by atoms with van der Waals surface area (Å²) >= 11 is -0.0356. The molecule has 1 heterocycles. The lowest BCUT2D eigenvalue weighted by molar-refractivity contribution is -0.0327. The molecule has 0 atom stereocenters. The molecule has 0 aliphatic carbocycles. The van der Waals surface area contributed by atoms with Crippen molar-refractivity contribution in [2.24, 2.45) is 0 Å². The summed E-state index contributed by atoms with van der Waals surface area (Å²) < 4.78 is 39.5. The summed E-state index contributed by atoms with van der Waals surface area (Å²) in [5.41, 5.74) is -3.46. The largest absolute Gasteiger partial charge is 0.441 e. The van der Waals surface area contributed by atoms with Gasteiger partial charge in [-0.25, -0.2) is 0 Å². The molecule has 0 aliphatic rings. The van der Waals surface area contributed by atoms with Crippen molar-refractivity contribution in [3.05, 3.63) is 18.0 Å². The number of aromatic nitrogens is 1. The van der Waals surface area contributed by atoms with Crippen molar-refractivity contribution in [3.8, 4) is 0 Å². The monoisotopic (exact) mass is 226 g/mol. The van der Waals surface area contributed by atoms with Gasteiger partial charge < -0.3 is 9.84 Å². The van der Waals surface area contributed by atoms with Crippen molar-refractivity contribution in [1.82, 2.24) is 10.5 Å². The van der Waals surface area contributed by atoms with E-state index >= 15 is 0 Å². The molecule has 1 rings (SSSR count). The first-order valence-electron chi connectivity index (χ1n) is 3.88. The predicted molar refractivity (Wildman–Crippen MR) is 46.7 cm³/mol. The molecule has 0 bridgehead atoms. The molecule has 3 nitrogen and oxygen atoms in total. The molecular formula is C7H9F3N2OS. The summed E-state index contributed by atoms with van der Waals surface area (Å²) in [5, 5.41) is 6.41. The Labute approximate surface area is 83.0 Å². The second-order valence-corrected chi connectivity index (χ2v) is 3.62. The maximum absolute atomic E-state index is 11.7. The van der Waals surface area contributed by atoms with Crippen LogP contribution in [0.1, 0.15) is 5.69 Å². The Kier molecular flexibility index (Phi) is 4.27. The molecule has 0 saturated heterocycles. The highest BCUT2D eigenvalue weighted by Crippen LogP contribution is 2.29. The van der Waals surface area contributed by atoms with Gasteiger partial charge in [0.05, 0.1) is 5.69 Å². The van der Waals surface area contributed by atoms with Gasteiger partial charge in [0.15, 0.2) is 0 Å². The van der Waals surface area contributed by atoms with Crippen LogP contribution in [-0.4, -0.2) is 23.0 Å². The molecule has 80 valence electrons. The van der Waals surface area contributed by atoms with Gasteiger partial charge in [0.2, 0.25) is 0 Å². The summed E-state index contributed by atoms with van der Waals surface area (Å²) in [4.78, 5) is 0. The normalized spacial score (nSPS) is 11.9. The minimum atomic E-state index is -4.14. The molecule has 14 heavy (non-hydrogen) atoms. The SMILES string of the molecule is FC(F)(F)SCCNCc1ccon1. The lowest BCUT2D eigenvalue weighted by Crippen LogP contribution is -2.18. The van der Waals surface area contributed by atoms with Gasteiger partial charge in [0.25, 0.3) is 0 Å². The van der Waals surface area contributed by atoms with E-state index in [9.17, 15) is 13.2 Å². The Hall–Kier alpha value is -0.690. The number of nitrogens with one attached hydrogen (secondary N) is 1. The molecular weight excluding hydrogens is 217 g/mol. The van der Waals surface area contributed by atoms with Gasteiger partial charge in [0, 0.05) is 24.9 Å². The lowest BCUT2D eigenvalue weighted by Gasteiger charge is -2.05. The zero-order valence-corrected chi connectivity index (χ0v) is 7.99. The number of halogens is 3. The molecule has 7 heteroatoms. The number of thioether (sulfide) groups is 1. The molecule has 0 radical (unpaired) electrons. The second-order valence-electron chi connectivity index (χ2n) is 2.46. The third kappa shape index (κ3) is 5.13. The third-order valence-electron chi connectivity index (χ3n) is 1.34. The molecule has 0 spiro atoms. The minimum absolute atomic E-state index is 0.00134. The van der Waals surface area contributed by atoms with Crippen molar-refractivity contribution in [2.75, 3.05) is 12.3 Å². The Bertz CT molecular complexity index is 250. The first-order valence-corrected chi connectivity index (χ1v) is 4.87. The molecule has 1 aromatic heterocycles. The predicted octanol–water partition coefficient (Wildman–Crippen LogP) is 2.02. The van der Waals surface area contributed by atoms with E-state index in [0.717, 1.165) is 0 Å². The van der Waals surface area contributed by atoms with Crippen LogP contribution in [0, 0.1) is 0 Å². The number of hydrogen-bond acceptors (Lipinski definition) is 4. The van der Waals surface area contributed by atoms with Crippen LogP contribution in [-0.2, 0) is 6.54 Å². The number of nitrogens with zero attached hydrogens (tertiary/aromatic N) is 1. The first-order chi connectivity index (χ1) is 6.58. The van der Waals surface area contributed by atoms with Crippen LogP contribution in [0.25, 0.3) is 0 Å². The zero-order chi connectivity index (χ0) is 10.4. The molecule has 0 unspecified atom stereocenters. The first kappa shape index (κ1) is 11.4. The molecule has 1 N–H and O–H groups in total. The van der Waals surface area contributed by atoms with Crippen molar-refractivity contribution < 1.29 is 17.7 Å². The van der Waals surface area contributed by atoms with Crippen LogP contribution >= 0.6 is 11.8 Å². The van der Waals surface area contributed by atoms with Crippen molar-refractivity contribution in [1.29, 1.82) is 0 Å². The highest BCUT2D eigenvalue weighted by Gasteiger charge is 2.27. The molecule has 1 aromatic rings. The topological polar surface area (TPSA) is 38.1 Å². The average Bonchev–Trinajstić information content (AvgIpc) is 2.54. The molecule has 0 amide bonds. The van der Waals surface area contributed by atoms with Gasteiger partial charge in [-0.2, -0.15) is 13.2 Å². The number of rotatable bonds is 5. The molecule has 0 fully saturated rings. The van der Waals surface area contributed by atoms with E-state index in [1.54, 1.807) is 6.07 Å². The summed E-state index contributed by atoms with van der Waals surface area (Å²) in [5.74, 6) is 0.00134. The Morgan fingerprint density at radius 1 is 1.50 bits per heavy atom. The van der Waals surface area contributed by atoms with Crippen LogP contribution in [0.3, 0.4) is 0 Å². The van der Waals surface area contributed by atoms with E-state index in [2.05, 4.69) is 15.0 Å². The van der Waals surface area contributed by atoms with E-state index in [0.29, 0.717) is 12.2 Å². The van der Waals surface area contributed by atoms with Crippen molar-refractivity contribution in [3.63, 3.8) is 0 Å². The van der Waals surface area contributed by atoms with Crippen LogP contribution in [0.15, 0.2) is 16.9 Å². The van der Waals surface area contributed by atoms with Gasteiger partial charge >= 0.3 is 5.51 Å². The standard InChI is InChI=1S/C7H9F3N2OS/c8-7(9,10)14-4-2-11-5-6-1-3-13-12-6/h1,3,11H,2,4-5H2. The fraction of sp³-hybridized carbons (Fsp3) is 0.571. The van der Waals surface area contributed by atoms with Gasteiger partial charge in [-0.1, -0.05) is 5.16 Å². The smallest absolute Gasteiger partial charge is 0.364 e. The van der Waals surface area contributed by atoms with Crippen molar-refractivity contribution >= 4 is 11.8 Å². The quantitative estimate of drug-likeness (QED) is 0.779. The van der Waals surface area contributed by atoms with Crippen LogP contribution in [0.5, 0.6) is 0 Å². The van der Waals surface area contributed by atoms with Gasteiger partial charge in [-0.05, 0) is 11.8 Å². The molecule has 0 saturated carbocycles. The number of alkyl halides is 3. The maximum Gasteiger partial charge on any atom is 0.441 e. The lowest BCUT2D eigenvalue weighted by atomic mass is 10.4. The van der Waals surface area contributed by atoms with E-state index in [1.165, 1.54) is 6.26 Å². The van der Waals surface area contributed by atoms with Gasteiger partial charge in [0.1, 0.15) is 6.26 Å². The fourth-order valence-electron chi connectivity index (χ4n) is 0.784. The Morgan fingerprint density at radius 2 is 2.29 bits per heavy atom. The molecule has 0 aliphatic heterocycles. The average molecular weight is 226 g/mol. The van der Waals surface area contributed by atoms with Gasteiger partial charge in [-0.3, -0.25) is 0 Å². The Balaban J connectivity index is 2.00. The van der Waals surface area contributed by atoms with E-state index in [1.807, 2.05) is 0 Å². The second kappa shape index (κ2) is 5.26. The summed E-state index contributed by atoms with van der Waals surface area (Å²) in [6.07, 6.45) is 1.42. The maximum atomic E-state index is 11.7. The van der Waals surface area contributed by atoms with E-state index < -0.39 is 5.51 Å². The highest BCUT2D eigenvalue weighted by molar-refractivity contribution is 8.00. The van der Waals surface area contributed by atoms with Crippen LogP contribution in [0.2, 0.25) is 0 Å².